The predicted molar refractivity (Wildman–Crippen MR) is 125 cm³/mol. The second kappa shape index (κ2) is 8.67. The monoisotopic (exact) mass is 440 g/mol. The van der Waals surface area contributed by atoms with Crippen molar-refractivity contribution in [3.63, 3.8) is 0 Å². The molecular formula is C22H24N4O2S2. The van der Waals surface area contributed by atoms with E-state index in [1.54, 1.807) is 28.9 Å². The summed E-state index contributed by atoms with van der Waals surface area (Å²) in [6, 6.07) is 9.63. The highest BCUT2D eigenvalue weighted by molar-refractivity contribution is 7.22. The van der Waals surface area contributed by atoms with Gasteiger partial charge in [-0.1, -0.05) is 17.4 Å². The molecule has 8 heteroatoms. The number of aromatic nitrogens is 2. The highest BCUT2D eigenvalue weighted by atomic mass is 32.1. The van der Waals surface area contributed by atoms with Crippen LogP contribution in [-0.2, 0) is 0 Å². The maximum absolute atomic E-state index is 13.5. The van der Waals surface area contributed by atoms with E-state index in [1.807, 2.05) is 44.4 Å². The lowest BCUT2D eigenvalue weighted by molar-refractivity contribution is 0.0986. The molecule has 0 radical (unpaired) electrons. The van der Waals surface area contributed by atoms with Crippen molar-refractivity contribution in [1.29, 1.82) is 0 Å². The van der Waals surface area contributed by atoms with Crippen molar-refractivity contribution in [3.8, 4) is 5.75 Å². The first kappa shape index (κ1) is 20.7. The standard InChI is InChI=1S/C22H24N4O2S2/c1-14-6-9-17(28-4)19-20(14)30-22(24-19)26(11-5-10-25(2)3)21(27)15-7-8-16-18(12-15)29-13-23-16/h6-9,12-13H,5,10-11H2,1-4H3. The minimum atomic E-state index is -0.0419. The number of ether oxygens (including phenoxy) is 1. The van der Waals surface area contributed by atoms with Gasteiger partial charge in [-0.2, -0.15) is 0 Å². The Hall–Kier alpha value is -2.55. The lowest BCUT2D eigenvalue weighted by atomic mass is 10.2. The quantitative estimate of drug-likeness (QED) is 0.412. The van der Waals surface area contributed by atoms with Crippen LogP contribution in [0.25, 0.3) is 20.4 Å². The van der Waals surface area contributed by atoms with Gasteiger partial charge in [0.05, 0.1) is 27.5 Å². The van der Waals surface area contributed by atoms with Crippen molar-refractivity contribution in [1.82, 2.24) is 14.9 Å². The van der Waals surface area contributed by atoms with Crippen molar-refractivity contribution in [2.45, 2.75) is 13.3 Å². The number of methoxy groups -OCH3 is 1. The predicted octanol–water partition coefficient (Wildman–Crippen LogP) is 4.82. The van der Waals surface area contributed by atoms with E-state index >= 15 is 0 Å². The maximum atomic E-state index is 13.5. The van der Waals surface area contributed by atoms with E-state index in [0.717, 1.165) is 44.7 Å². The Kier molecular flexibility index (Phi) is 5.99. The van der Waals surface area contributed by atoms with Crippen molar-refractivity contribution in [2.75, 3.05) is 39.2 Å². The summed E-state index contributed by atoms with van der Waals surface area (Å²) < 4.78 is 7.56. The molecule has 0 aliphatic carbocycles. The molecule has 0 saturated heterocycles. The third-order valence-electron chi connectivity index (χ3n) is 4.95. The number of thiazole rings is 2. The fraction of sp³-hybridized carbons (Fsp3) is 0.318. The number of fused-ring (bicyclic) bond motifs is 2. The van der Waals surface area contributed by atoms with Gasteiger partial charge in [-0.05, 0) is 63.8 Å². The molecule has 2 heterocycles. The Morgan fingerprint density at radius 1 is 1.17 bits per heavy atom. The van der Waals surface area contributed by atoms with Gasteiger partial charge in [0.15, 0.2) is 5.13 Å². The molecule has 0 atom stereocenters. The van der Waals surface area contributed by atoms with E-state index in [0.29, 0.717) is 17.2 Å². The van der Waals surface area contributed by atoms with E-state index in [4.69, 9.17) is 9.72 Å². The normalized spacial score (nSPS) is 11.5. The number of aryl methyl sites for hydroxylation is 1. The van der Waals surface area contributed by atoms with Crippen LogP contribution in [0.3, 0.4) is 0 Å². The summed E-state index contributed by atoms with van der Waals surface area (Å²) in [5.74, 6) is 0.685. The molecule has 1 amide bonds. The Morgan fingerprint density at radius 2 is 2.00 bits per heavy atom. The number of amides is 1. The summed E-state index contributed by atoms with van der Waals surface area (Å²) in [5.41, 5.74) is 5.30. The van der Waals surface area contributed by atoms with Crippen molar-refractivity contribution in [2.24, 2.45) is 0 Å². The van der Waals surface area contributed by atoms with Crippen molar-refractivity contribution < 1.29 is 9.53 Å². The van der Waals surface area contributed by atoms with Crippen LogP contribution < -0.4 is 9.64 Å². The number of hydrogen-bond acceptors (Lipinski definition) is 7. The maximum Gasteiger partial charge on any atom is 0.260 e. The number of benzene rings is 2. The average molecular weight is 441 g/mol. The Morgan fingerprint density at radius 3 is 2.77 bits per heavy atom. The lowest BCUT2D eigenvalue weighted by Crippen LogP contribution is -2.33. The number of anilines is 1. The van der Waals surface area contributed by atoms with Gasteiger partial charge in [0.25, 0.3) is 5.91 Å². The molecule has 0 unspecified atom stereocenters. The number of nitrogens with zero attached hydrogens (tertiary/aromatic N) is 4. The van der Waals surface area contributed by atoms with Crippen LogP contribution in [0.2, 0.25) is 0 Å². The number of hydrogen-bond donors (Lipinski definition) is 0. The summed E-state index contributed by atoms with van der Waals surface area (Å²) in [6.07, 6.45) is 0.855. The van der Waals surface area contributed by atoms with Gasteiger partial charge in [0.1, 0.15) is 11.3 Å². The fourth-order valence-corrected chi connectivity index (χ4v) is 5.14. The largest absolute Gasteiger partial charge is 0.494 e. The van der Waals surface area contributed by atoms with Crippen LogP contribution in [0.5, 0.6) is 5.75 Å². The highest BCUT2D eigenvalue weighted by Gasteiger charge is 2.23. The molecule has 4 rings (SSSR count). The second-order valence-corrected chi connectivity index (χ2v) is 9.27. The third-order valence-corrected chi connectivity index (χ3v) is 6.96. The summed E-state index contributed by atoms with van der Waals surface area (Å²) in [4.78, 5) is 26.6. The van der Waals surface area contributed by atoms with Crippen LogP contribution in [0.15, 0.2) is 35.8 Å². The molecule has 4 aromatic rings. The van der Waals surface area contributed by atoms with Gasteiger partial charge in [-0.25, -0.2) is 9.97 Å². The average Bonchev–Trinajstić information content (AvgIpc) is 3.38. The van der Waals surface area contributed by atoms with Gasteiger partial charge in [-0.15, -0.1) is 11.3 Å². The zero-order valence-corrected chi connectivity index (χ0v) is 19.1. The minimum Gasteiger partial charge on any atom is -0.494 e. The van der Waals surface area contributed by atoms with Gasteiger partial charge in [-0.3, -0.25) is 9.69 Å². The Balaban J connectivity index is 1.74. The van der Waals surface area contributed by atoms with Crippen molar-refractivity contribution >= 4 is 54.1 Å². The zero-order valence-electron chi connectivity index (χ0n) is 17.5. The van der Waals surface area contributed by atoms with E-state index in [2.05, 4.69) is 16.8 Å². The number of rotatable bonds is 7. The molecule has 0 N–H and O–H groups in total. The fourth-order valence-electron chi connectivity index (χ4n) is 3.35. The van der Waals surface area contributed by atoms with E-state index < -0.39 is 0 Å². The number of carbonyl (C=O) groups is 1. The molecule has 2 aromatic carbocycles. The third kappa shape index (κ3) is 4.03. The SMILES string of the molecule is COc1ccc(C)c2sc(N(CCCN(C)C)C(=O)c3ccc4ncsc4c3)nc12. The Bertz CT molecular complexity index is 1200. The molecule has 0 spiro atoms. The van der Waals surface area contributed by atoms with E-state index in [1.165, 1.54) is 11.3 Å². The van der Waals surface area contributed by atoms with E-state index in [-0.39, 0.29) is 5.91 Å². The summed E-state index contributed by atoms with van der Waals surface area (Å²) in [6.45, 7) is 3.55. The highest BCUT2D eigenvalue weighted by Crippen LogP contribution is 2.37. The molecule has 0 aliphatic heterocycles. The summed E-state index contributed by atoms with van der Waals surface area (Å²) in [7, 11) is 5.72. The summed E-state index contributed by atoms with van der Waals surface area (Å²) >= 11 is 3.08. The molecule has 2 aromatic heterocycles. The first-order valence-corrected chi connectivity index (χ1v) is 11.4. The molecule has 30 heavy (non-hydrogen) atoms. The first-order valence-electron chi connectivity index (χ1n) is 9.72. The zero-order chi connectivity index (χ0) is 21.3. The van der Waals surface area contributed by atoms with Crippen LogP contribution >= 0.6 is 22.7 Å². The Labute approximate surface area is 183 Å². The lowest BCUT2D eigenvalue weighted by Gasteiger charge is -2.21. The van der Waals surface area contributed by atoms with Gasteiger partial charge in [0.2, 0.25) is 0 Å². The molecule has 0 aliphatic rings. The molecule has 0 bridgehead atoms. The summed E-state index contributed by atoms with van der Waals surface area (Å²) in [5, 5.41) is 0.700. The van der Waals surface area contributed by atoms with Crippen LogP contribution in [0.1, 0.15) is 22.3 Å². The second-order valence-electron chi connectivity index (χ2n) is 7.41. The van der Waals surface area contributed by atoms with Crippen molar-refractivity contribution in [3.05, 3.63) is 47.0 Å². The van der Waals surface area contributed by atoms with Crippen LogP contribution in [-0.4, -0.2) is 55.1 Å². The molecular weight excluding hydrogens is 416 g/mol. The first-order chi connectivity index (χ1) is 14.5. The van der Waals surface area contributed by atoms with Gasteiger partial charge >= 0.3 is 0 Å². The van der Waals surface area contributed by atoms with Crippen LogP contribution in [0, 0.1) is 6.92 Å². The molecule has 6 nitrogen and oxygen atoms in total. The smallest absolute Gasteiger partial charge is 0.260 e. The molecule has 0 fully saturated rings. The van der Waals surface area contributed by atoms with Gasteiger partial charge in [0, 0.05) is 12.1 Å². The topological polar surface area (TPSA) is 58.6 Å². The molecule has 0 saturated carbocycles. The minimum absolute atomic E-state index is 0.0419. The molecule has 156 valence electrons. The van der Waals surface area contributed by atoms with E-state index in [9.17, 15) is 4.79 Å². The number of carbonyl (C=O) groups excluding carboxylic acids is 1. The van der Waals surface area contributed by atoms with Crippen LogP contribution in [0.4, 0.5) is 5.13 Å². The van der Waals surface area contributed by atoms with Gasteiger partial charge < -0.3 is 9.64 Å².